The molecule has 2 aromatic rings. The molecule has 0 aliphatic carbocycles. The quantitative estimate of drug-likeness (QED) is 0.326. The van der Waals surface area contributed by atoms with Gasteiger partial charge in [-0.05, 0) is 152 Å². The maximum absolute atomic E-state index is 11.4. The predicted molar refractivity (Wildman–Crippen MR) is 143 cm³/mol. The third kappa shape index (κ3) is 6.36. The Morgan fingerprint density at radius 2 is 0.500 bits per heavy atom. The van der Waals surface area contributed by atoms with Gasteiger partial charge in [0.1, 0.15) is 0 Å². The highest BCUT2D eigenvalue weighted by atomic mass is 16.3. The molecule has 2 aromatic carbocycles. The first kappa shape index (κ1) is 30.4. The number of benzene rings is 2. The lowest BCUT2D eigenvalue weighted by Crippen LogP contribution is -2.30. The normalized spacial score (nSPS) is 14.4. The summed E-state index contributed by atoms with van der Waals surface area (Å²) < 4.78 is 0. The monoisotopic (exact) mass is 502 g/mol. The lowest BCUT2D eigenvalue weighted by Gasteiger charge is -2.37. The van der Waals surface area contributed by atoms with Crippen molar-refractivity contribution in [1.29, 1.82) is 0 Å². The van der Waals surface area contributed by atoms with Gasteiger partial charge in [-0.1, -0.05) is 0 Å². The van der Waals surface area contributed by atoms with Crippen LogP contribution < -0.4 is 0 Å². The summed E-state index contributed by atoms with van der Waals surface area (Å²) in [6, 6.07) is 6.82. The van der Waals surface area contributed by atoms with Gasteiger partial charge in [-0.15, -0.1) is 0 Å². The number of hydrogen-bond donors (Lipinski definition) is 6. The van der Waals surface area contributed by atoms with E-state index < -0.39 is 33.6 Å². The topological polar surface area (TPSA) is 121 Å². The standard InChI is InChI=1S/C30H46O6/c1-25(2,31)17-13-19(27(5,6)33)23(20(14-17)28(7,8)34)24-21(29(9,10)35)15-18(26(3,4)32)16-22(24)30(11,12)36/h13-16,31-36H,1-12H3. The van der Waals surface area contributed by atoms with Crippen LogP contribution in [-0.4, -0.2) is 30.6 Å². The minimum absolute atomic E-state index is 0.422. The molecule has 0 aliphatic rings. The molecule has 0 spiro atoms. The second kappa shape index (κ2) is 8.90. The van der Waals surface area contributed by atoms with Crippen LogP contribution in [0.5, 0.6) is 0 Å². The summed E-state index contributed by atoms with van der Waals surface area (Å²) in [5.41, 5.74) is -4.58. The predicted octanol–water partition coefficient (Wildman–Crippen LogP) is 4.72. The van der Waals surface area contributed by atoms with Crippen LogP contribution in [0.3, 0.4) is 0 Å². The molecular formula is C30H46O6. The first-order chi connectivity index (χ1) is 15.7. The zero-order chi connectivity index (χ0) is 28.4. The fraction of sp³-hybridized carbons (Fsp3) is 0.600. The van der Waals surface area contributed by atoms with Gasteiger partial charge in [-0.3, -0.25) is 0 Å². The van der Waals surface area contributed by atoms with Gasteiger partial charge in [0.15, 0.2) is 0 Å². The summed E-state index contributed by atoms with van der Waals surface area (Å²) in [5.74, 6) is 0. The number of aliphatic hydroxyl groups is 6. The van der Waals surface area contributed by atoms with Gasteiger partial charge in [-0.2, -0.15) is 0 Å². The summed E-state index contributed by atoms with van der Waals surface area (Å²) in [5, 5.41) is 67.1. The van der Waals surface area contributed by atoms with E-state index in [1.165, 1.54) is 0 Å². The Morgan fingerprint density at radius 1 is 0.333 bits per heavy atom. The first-order valence-electron chi connectivity index (χ1n) is 12.4. The highest BCUT2D eigenvalue weighted by Crippen LogP contribution is 2.49. The van der Waals surface area contributed by atoms with E-state index in [-0.39, 0.29) is 0 Å². The molecule has 0 aromatic heterocycles. The van der Waals surface area contributed by atoms with E-state index in [2.05, 4.69) is 0 Å². The molecule has 0 aliphatic heterocycles. The van der Waals surface area contributed by atoms with Crippen LogP contribution in [0.25, 0.3) is 11.1 Å². The summed E-state index contributed by atoms with van der Waals surface area (Å²) in [6.07, 6.45) is 0. The van der Waals surface area contributed by atoms with Crippen molar-refractivity contribution in [2.45, 2.75) is 117 Å². The van der Waals surface area contributed by atoms with Gasteiger partial charge in [0.2, 0.25) is 0 Å². The summed E-state index contributed by atoms with van der Waals surface area (Å²) in [4.78, 5) is 0. The van der Waals surface area contributed by atoms with Crippen LogP contribution in [0.1, 0.15) is 116 Å². The fourth-order valence-corrected chi connectivity index (χ4v) is 4.46. The molecule has 0 radical (unpaired) electrons. The molecule has 0 bridgehead atoms. The van der Waals surface area contributed by atoms with Gasteiger partial charge in [-0.25, -0.2) is 0 Å². The number of hydrogen-bond acceptors (Lipinski definition) is 6. The summed E-state index contributed by atoms with van der Waals surface area (Å²) in [6.45, 7) is 19.5. The molecular weight excluding hydrogens is 456 g/mol. The minimum atomic E-state index is -1.42. The van der Waals surface area contributed by atoms with Crippen LogP contribution in [0, 0.1) is 0 Å². The first-order valence-corrected chi connectivity index (χ1v) is 12.4. The third-order valence-corrected chi connectivity index (χ3v) is 6.58. The second-order valence-electron chi connectivity index (χ2n) is 13.2. The van der Waals surface area contributed by atoms with Crippen LogP contribution in [-0.2, 0) is 33.6 Å². The van der Waals surface area contributed by atoms with Gasteiger partial charge in [0, 0.05) is 0 Å². The van der Waals surface area contributed by atoms with Crippen molar-refractivity contribution in [3.05, 3.63) is 57.6 Å². The molecule has 0 fully saturated rings. The van der Waals surface area contributed by atoms with Gasteiger partial charge < -0.3 is 30.6 Å². The van der Waals surface area contributed by atoms with E-state index in [0.29, 0.717) is 44.5 Å². The maximum atomic E-state index is 11.4. The molecule has 6 nitrogen and oxygen atoms in total. The van der Waals surface area contributed by atoms with Crippen LogP contribution >= 0.6 is 0 Å². The Labute approximate surface area is 216 Å². The van der Waals surface area contributed by atoms with E-state index in [0.717, 1.165) is 0 Å². The highest BCUT2D eigenvalue weighted by Gasteiger charge is 2.38. The molecule has 6 N–H and O–H groups in total. The van der Waals surface area contributed by atoms with Gasteiger partial charge in [0.25, 0.3) is 0 Å². The molecule has 0 amide bonds. The zero-order valence-electron chi connectivity index (χ0n) is 24.0. The molecule has 0 saturated carbocycles. The fourth-order valence-electron chi connectivity index (χ4n) is 4.46. The van der Waals surface area contributed by atoms with Gasteiger partial charge in [0.05, 0.1) is 33.6 Å². The van der Waals surface area contributed by atoms with Crippen molar-refractivity contribution in [1.82, 2.24) is 0 Å². The van der Waals surface area contributed by atoms with Crippen molar-refractivity contribution < 1.29 is 30.6 Å². The average Bonchev–Trinajstić information content (AvgIpc) is 2.61. The Hall–Kier alpha value is -1.80. The average molecular weight is 503 g/mol. The molecule has 0 heterocycles. The Bertz CT molecular complexity index is 957. The van der Waals surface area contributed by atoms with Crippen LogP contribution in [0.15, 0.2) is 24.3 Å². The van der Waals surface area contributed by atoms with E-state index in [1.54, 1.807) is 107 Å². The van der Waals surface area contributed by atoms with Crippen molar-refractivity contribution in [2.75, 3.05) is 0 Å². The smallest absolute Gasteiger partial charge is 0.0846 e. The SMILES string of the molecule is CC(C)(O)c1cc(C(C)(C)O)c(-c2c(C(C)(C)O)cc(C(C)(C)O)cc2C(C)(C)O)c(C(C)(C)O)c1. The van der Waals surface area contributed by atoms with E-state index in [4.69, 9.17) is 0 Å². The highest BCUT2D eigenvalue weighted by molar-refractivity contribution is 5.81. The van der Waals surface area contributed by atoms with Crippen molar-refractivity contribution in [3.8, 4) is 11.1 Å². The Morgan fingerprint density at radius 3 is 0.611 bits per heavy atom. The molecule has 6 heteroatoms. The van der Waals surface area contributed by atoms with Crippen molar-refractivity contribution in [2.24, 2.45) is 0 Å². The number of rotatable bonds is 7. The van der Waals surface area contributed by atoms with Gasteiger partial charge >= 0.3 is 0 Å². The lowest BCUT2D eigenvalue weighted by atomic mass is 9.72. The van der Waals surface area contributed by atoms with E-state index in [9.17, 15) is 30.6 Å². The van der Waals surface area contributed by atoms with Crippen molar-refractivity contribution >= 4 is 0 Å². The molecule has 0 saturated heterocycles. The second-order valence-corrected chi connectivity index (χ2v) is 13.2. The Kier molecular flexibility index (Phi) is 7.52. The van der Waals surface area contributed by atoms with Crippen LogP contribution in [0.2, 0.25) is 0 Å². The summed E-state index contributed by atoms with van der Waals surface area (Å²) >= 11 is 0. The summed E-state index contributed by atoms with van der Waals surface area (Å²) in [7, 11) is 0. The molecule has 0 unspecified atom stereocenters. The Balaban J connectivity index is 3.39. The van der Waals surface area contributed by atoms with Crippen molar-refractivity contribution in [3.63, 3.8) is 0 Å². The molecule has 36 heavy (non-hydrogen) atoms. The minimum Gasteiger partial charge on any atom is -0.386 e. The largest absolute Gasteiger partial charge is 0.386 e. The third-order valence-electron chi connectivity index (χ3n) is 6.58. The molecule has 202 valence electrons. The van der Waals surface area contributed by atoms with Crippen LogP contribution in [0.4, 0.5) is 0 Å². The molecule has 0 atom stereocenters. The van der Waals surface area contributed by atoms with E-state index in [1.807, 2.05) is 0 Å². The maximum Gasteiger partial charge on any atom is 0.0846 e. The lowest BCUT2D eigenvalue weighted by molar-refractivity contribution is 0.0615. The molecule has 2 rings (SSSR count). The zero-order valence-corrected chi connectivity index (χ0v) is 24.0. The van der Waals surface area contributed by atoms with E-state index >= 15 is 0 Å².